The normalized spacial score (nSPS) is 21.9. The van der Waals surface area contributed by atoms with E-state index < -0.39 is 12.3 Å². The van der Waals surface area contributed by atoms with E-state index in [2.05, 4.69) is 0 Å². The Morgan fingerprint density at radius 1 is 1.03 bits per heavy atom. The summed E-state index contributed by atoms with van der Waals surface area (Å²) in [7, 11) is 3.22. The number of aliphatic hydroxyl groups is 1. The Labute approximate surface area is 226 Å². The van der Waals surface area contributed by atoms with Crippen molar-refractivity contribution in [2.75, 3.05) is 53.8 Å². The molecule has 0 saturated heterocycles. The SMILES string of the molecule is CCO[C@H]1OC(C(=O)N(C)C2CCCCC2)=C[C@@H](c2ccc(C(=O)OC)cc2)[C@H]1CCOCCOCCO. The zero-order valence-corrected chi connectivity index (χ0v) is 22.9. The van der Waals surface area contributed by atoms with E-state index in [0.717, 1.165) is 31.2 Å². The Bertz CT molecular complexity index is 896. The van der Waals surface area contributed by atoms with E-state index in [1.54, 1.807) is 12.1 Å². The van der Waals surface area contributed by atoms with E-state index in [-0.39, 0.29) is 37.0 Å². The maximum atomic E-state index is 13.6. The van der Waals surface area contributed by atoms with Crippen molar-refractivity contribution in [1.29, 1.82) is 0 Å². The van der Waals surface area contributed by atoms with E-state index in [1.807, 2.05) is 37.1 Å². The predicted molar refractivity (Wildman–Crippen MR) is 142 cm³/mol. The van der Waals surface area contributed by atoms with Gasteiger partial charge in [-0.2, -0.15) is 0 Å². The maximum absolute atomic E-state index is 13.6. The number of hydrogen-bond acceptors (Lipinski definition) is 8. The first-order valence-corrected chi connectivity index (χ1v) is 13.7. The van der Waals surface area contributed by atoms with Crippen LogP contribution in [0.15, 0.2) is 36.1 Å². The Hall–Kier alpha value is -2.46. The van der Waals surface area contributed by atoms with Gasteiger partial charge in [-0.15, -0.1) is 0 Å². The fraction of sp³-hybridized carbons (Fsp3) is 0.655. The first kappa shape index (κ1) is 30.1. The predicted octanol–water partition coefficient (Wildman–Crippen LogP) is 3.66. The number of nitrogens with zero attached hydrogens (tertiary/aromatic N) is 1. The lowest BCUT2D eigenvalue weighted by molar-refractivity contribution is -0.172. The summed E-state index contributed by atoms with van der Waals surface area (Å²) in [4.78, 5) is 27.4. The molecule has 9 heteroatoms. The van der Waals surface area contributed by atoms with Crippen LogP contribution < -0.4 is 0 Å². The molecule has 1 saturated carbocycles. The second-order valence-corrected chi connectivity index (χ2v) is 9.72. The summed E-state index contributed by atoms with van der Waals surface area (Å²) < 4.78 is 28.1. The Morgan fingerprint density at radius 2 is 1.71 bits per heavy atom. The van der Waals surface area contributed by atoms with Crippen molar-refractivity contribution in [2.24, 2.45) is 5.92 Å². The molecule has 1 aliphatic carbocycles. The summed E-state index contributed by atoms with van der Waals surface area (Å²) in [5, 5.41) is 8.83. The topological polar surface area (TPSA) is 104 Å². The molecular weight excluding hydrogens is 490 g/mol. The van der Waals surface area contributed by atoms with Crippen molar-refractivity contribution in [1.82, 2.24) is 4.90 Å². The molecule has 0 aromatic heterocycles. The molecule has 0 unspecified atom stereocenters. The molecule has 1 aromatic rings. The molecule has 0 radical (unpaired) electrons. The van der Waals surface area contributed by atoms with Gasteiger partial charge in [0.05, 0.1) is 39.1 Å². The minimum absolute atomic E-state index is 0.0186. The van der Waals surface area contributed by atoms with Crippen molar-refractivity contribution in [3.63, 3.8) is 0 Å². The van der Waals surface area contributed by atoms with Crippen molar-refractivity contribution in [3.8, 4) is 0 Å². The van der Waals surface area contributed by atoms with Crippen molar-refractivity contribution in [3.05, 3.63) is 47.2 Å². The highest BCUT2D eigenvalue weighted by molar-refractivity contribution is 5.92. The lowest BCUT2D eigenvalue weighted by Crippen LogP contribution is -2.43. The average Bonchev–Trinajstić information content (AvgIpc) is 2.96. The van der Waals surface area contributed by atoms with Crippen LogP contribution in [0.4, 0.5) is 0 Å². The van der Waals surface area contributed by atoms with Gasteiger partial charge in [-0.05, 0) is 50.0 Å². The molecule has 1 aromatic carbocycles. The fourth-order valence-electron chi connectivity index (χ4n) is 5.18. The quantitative estimate of drug-likeness (QED) is 0.286. The van der Waals surface area contributed by atoms with Gasteiger partial charge in [0, 0.05) is 38.1 Å². The highest BCUT2D eigenvalue weighted by atomic mass is 16.7. The number of methoxy groups -OCH3 is 1. The Balaban J connectivity index is 1.83. The first-order valence-electron chi connectivity index (χ1n) is 13.7. The van der Waals surface area contributed by atoms with Crippen LogP contribution in [0.1, 0.15) is 67.3 Å². The van der Waals surface area contributed by atoms with E-state index >= 15 is 0 Å². The van der Waals surface area contributed by atoms with Crippen LogP contribution in [0.5, 0.6) is 0 Å². The lowest BCUT2D eigenvalue weighted by atomic mass is 9.81. The Morgan fingerprint density at radius 3 is 2.34 bits per heavy atom. The third-order valence-corrected chi connectivity index (χ3v) is 7.29. The van der Waals surface area contributed by atoms with Gasteiger partial charge in [0.1, 0.15) is 0 Å². The van der Waals surface area contributed by atoms with Crippen LogP contribution in [0.3, 0.4) is 0 Å². The number of hydrogen-bond donors (Lipinski definition) is 1. The third kappa shape index (κ3) is 8.27. The molecule has 3 rings (SSSR count). The van der Waals surface area contributed by atoms with E-state index in [9.17, 15) is 9.59 Å². The van der Waals surface area contributed by atoms with Gasteiger partial charge in [0.25, 0.3) is 5.91 Å². The summed E-state index contributed by atoms with van der Waals surface area (Å²) in [5.74, 6) is -0.528. The fourth-order valence-corrected chi connectivity index (χ4v) is 5.18. The third-order valence-electron chi connectivity index (χ3n) is 7.29. The molecule has 0 bridgehead atoms. The zero-order valence-electron chi connectivity index (χ0n) is 22.9. The summed E-state index contributed by atoms with van der Waals surface area (Å²) in [6.07, 6.45) is 7.39. The number of aliphatic hydroxyl groups excluding tert-OH is 1. The molecule has 0 spiro atoms. The van der Waals surface area contributed by atoms with Gasteiger partial charge in [-0.3, -0.25) is 4.79 Å². The summed E-state index contributed by atoms with van der Waals surface area (Å²) in [6.45, 7) is 3.88. The summed E-state index contributed by atoms with van der Waals surface area (Å²) in [5.41, 5.74) is 1.41. The molecule has 212 valence electrons. The van der Waals surface area contributed by atoms with Crippen LogP contribution in [-0.2, 0) is 28.5 Å². The first-order chi connectivity index (χ1) is 18.5. The molecule has 3 atom stereocenters. The minimum Gasteiger partial charge on any atom is -0.465 e. The standard InChI is InChI=1S/C29H43NO8/c1-4-37-29-24(14-16-35-18-19-36-17-15-31)25(21-10-12-22(13-11-21)28(33)34-3)20-26(38-29)27(32)30(2)23-8-6-5-7-9-23/h10-13,20,23-25,29,31H,4-9,14-19H2,1-3H3/t24-,25+,29+/m1/s1. The molecule has 9 nitrogen and oxygen atoms in total. The highest BCUT2D eigenvalue weighted by Crippen LogP contribution is 2.39. The maximum Gasteiger partial charge on any atom is 0.337 e. The number of benzene rings is 1. The van der Waals surface area contributed by atoms with Crippen LogP contribution in [-0.4, -0.2) is 88.0 Å². The molecule has 1 heterocycles. The molecule has 38 heavy (non-hydrogen) atoms. The van der Waals surface area contributed by atoms with Crippen LogP contribution >= 0.6 is 0 Å². The van der Waals surface area contributed by atoms with Gasteiger partial charge in [0.2, 0.25) is 6.29 Å². The van der Waals surface area contributed by atoms with Crippen LogP contribution in [0.25, 0.3) is 0 Å². The molecule has 2 aliphatic rings. The Kier molecular flexibility index (Phi) is 12.5. The number of carbonyl (C=O) groups excluding carboxylic acids is 2. The van der Waals surface area contributed by atoms with E-state index in [4.69, 9.17) is 28.8 Å². The molecule has 1 aliphatic heterocycles. The van der Waals surface area contributed by atoms with E-state index in [1.165, 1.54) is 13.5 Å². The molecule has 1 amide bonds. The largest absolute Gasteiger partial charge is 0.465 e. The number of carbonyl (C=O) groups is 2. The second kappa shape index (κ2) is 15.8. The lowest BCUT2D eigenvalue weighted by Gasteiger charge is -2.39. The van der Waals surface area contributed by atoms with Crippen molar-refractivity contribution >= 4 is 11.9 Å². The van der Waals surface area contributed by atoms with E-state index in [0.29, 0.717) is 44.2 Å². The molecule has 1 fully saturated rings. The number of rotatable bonds is 14. The minimum atomic E-state index is -0.622. The number of amides is 1. The smallest absolute Gasteiger partial charge is 0.337 e. The second-order valence-electron chi connectivity index (χ2n) is 9.72. The van der Waals surface area contributed by atoms with Crippen molar-refractivity contribution in [2.45, 2.75) is 63.7 Å². The van der Waals surface area contributed by atoms with Gasteiger partial charge in [-0.25, -0.2) is 4.79 Å². The van der Waals surface area contributed by atoms with Gasteiger partial charge < -0.3 is 33.7 Å². The number of esters is 1. The highest BCUT2D eigenvalue weighted by Gasteiger charge is 2.39. The van der Waals surface area contributed by atoms with Crippen molar-refractivity contribution < 1.29 is 38.4 Å². The monoisotopic (exact) mass is 533 g/mol. The van der Waals surface area contributed by atoms with Crippen LogP contribution in [0, 0.1) is 5.92 Å². The van der Waals surface area contributed by atoms with Gasteiger partial charge in [0.15, 0.2) is 5.76 Å². The zero-order chi connectivity index (χ0) is 27.3. The summed E-state index contributed by atoms with van der Waals surface area (Å²) >= 11 is 0. The van der Waals surface area contributed by atoms with Crippen LogP contribution in [0.2, 0.25) is 0 Å². The summed E-state index contributed by atoms with van der Waals surface area (Å²) in [6, 6.07) is 7.48. The molecular formula is C29H43NO8. The van der Waals surface area contributed by atoms with Gasteiger partial charge >= 0.3 is 5.97 Å². The average molecular weight is 534 g/mol. The molecule has 1 N–H and O–H groups in total. The number of likely N-dealkylation sites (N-methyl/N-ethyl adjacent to an activating group) is 1. The van der Waals surface area contributed by atoms with Gasteiger partial charge in [-0.1, -0.05) is 31.4 Å². The number of allylic oxidation sites excluding steroid dienone is 1. The number of ether oxygens (including phenoxy) is 5.